The lowest BCUT2D eigenvalue weighted by Crippen LogP contribution is -2.34. The van der Waals surface area contributed by atoms with Gasteiger partial charge in [-0.2, -0.15) is 12.7 Å². The first-order valence-electron chi connectivity index (χ1n) is 4.88. The second-order valence-electron chi connectivity index (χ2n) is 3.43. The molecular weight excluding hydrogens is 282 g/mol. The van der Waals surface area contributed by atoms with E-state index in [1.807, 2.05) is 0 Å². The van der Waals surface area contributed by atoms with Gasteiger partial charge in [-0.15, -0.1) is 0 Å². The van der Waals surface area contributed by atoms with Crippen LogP contribution >= 0.6 is 11.6 Å². The Morgan fingerprint density at radius 1 is 1.61 bits per heavy atom. The predicted octanol–water partition coefficient (Wildman–Crippen LogP) is 0.798. The summed E-state index contributed by atoms with van der Waals surface area (Å²) in [5, 5.41) is 8.83. The summed E-state index contributed by atoms with van der Waals surface area (Å²) in [4.78, 5) is 14.1. The Bertz CT molecular complexity index is 534. The maximum atomic E-state index is 11.8. The van der Waals surface area contributed by atoms with Crippen molar-refractivity contribution >= 4 is 33.6 Å². The van der Waals surface area contributed by atoms with Crippen molar-refractivity contribution in [2.45, 2.75) is 6.42 Å². The van der Waals surface area contributed by atoms with Crippen LogP contribution in [-0.2, 0) is 15.0 Å². The summed E-state index contributed by atoms with van der Waals surface area (Å²) in [5.41, 5.74) is 0. The third-order valence-corrected chi connectivity index (χ3v) is 3.71. The maximum absolute atomic E-state index is 11.8. The highest BCUT2D eigenvalue weighted by Gasteiger charge is 2.18. The van der Waals surface area contributed by atoms with E-state index in [1.165, 1.54) is 25.4 Å². The number of pyridine rings is 1. The van der Waals surface area contributed by atoms with Gasteiger partial charge < -0.3 is 5.11 Å². The number of hydrogen-bond donors (Lipinski definition) is 2. The molecule has 0 aromatic carbocycles. The van der Waals surface area contributed by atoms with E-state index in [-0.39, 0.29) is 18.8 Å². The molecule has 7 nitrogen and oxygen atoms in total. The number of carboxylic acids is 1. The molecule has 0 radical (unpaired) electrons. The van der Waals surface area contributed by atoms with Crippen molar-refractivity contribution < 1.29 is 18.3 Å². The molecule has 0 unspecified atom stereocenters. The zero-order chi connectivity index (χ0) is 13.8. The largest absolute Gasteiger partial charge is 0.481 e. The summed E-state index contributed by atoms with van der Waals surface area (Å²) in [5.74, 6) is -0.998. The van der Waals surface area contributed by atoms with E-state index in [0.29, 0.717) is 5.02 Å². The summed E-state index contributed by atoms with van der Waals surface area (Å²) in [7, 11) is -2.55. The zero-order valence-electron chi connectivity index (χ0n) is 9.50. The van der Waals surface area contributed by atoms with Gasteiger partial charge in [-0.25, -0.2) is 4.98 Å². The Kier molecular flexibility index (Phi) is 4.88. The molecule has 9 heteroatoms. The average Bonchev–Trinajstić information content (AvgIpc) is 2.25. The summed E-state index contributed by atoms with van der Waals surface area (Å²) in [6.07, 6.45) is 1.08. The van der Waals surface area contributed by atoms with Crippen molar-refractivity contribution in [3.63, 3.8) is 0 Å². The van der Waals surface area contributed by atoms with Crippen LogP contribution in [0.15, 0.2) is 18.3 Å². The molecule has 0 bridgehead atoms. The fourth-order valence-corrected chi connectivity index (χ4v) is 2.07. The summed E-state index contributed by atoms with van der Waals surface area (Å²) in [6.45, 7) is -0.134. The molecule has 1 aromatic heterocycles. The number of rotatable bonds is 6. The van der Waals surface area contributed by atoms with Gasteiger partial charge in [-0.05, 0) is 6.07 Å². The van der Waals surface area contributed by atoms with Gasteiger partial charge in [0.15, 0.2) is 0 Å². The number of aromatic nitrogens is 1. The first-order chi connectivity index (χ1) is 8.31. The van der Waals surface area contributed by atoms with Crippen molar-refractivity contribution in [3.05, 3.63) is 23.4 Å². The molecule has 0 atom stereocenters. The van der Waals surface area contributed by atoms with E-state index in [4.69, 9.17) is 16.7 Å². The van der Waals surface area contributed by atoms with Crippen molar-refractivity contribution in [1.29, 1.82) is 0 Å². The first-order valence-corrected chi connectivity index (χ1v) is 6.70. The Hall–Kier alpha value is -1.38. The Morgan fingerprint density at radius 3 is 2.83 bits per heavy atom. The highest BCUT2D eigenvalue weighted by atomic mass is 35.5. The number of nitrogens with one attached hydrogen (secondary N) is 1. The van der Waals surface area contributed by atoms with Crippen LogP contribution < -0.4 is 4.72 Å². The van der Waals surface area contributed by atoms with E-state index in [1.54, 1.807) is 0 Å². The van der Waals surface area contributed by atoms with Crippen molar-refractivity contribution in [2.24, 2.45) is 0 Å². The van der Waals surface area contributed by atoms with E-state index in [0.717, 1.165) is 4.31 Å². The van der Waals surface area contributed by atoms with E-state index < -0.39 is 16.2 Å². The average molecular weight is 294 g/mol. The number of hydrogen-bond acceptors (Lipinski definition) is 4. The lowest BCUT2D eigenvalue weighted by atomic mass is 10.4. The molecule has 100 valence electrons. The monoisotopic (exact) mass is 293 g/mol. The van der Waals surface area contributed by atoms with Gasteiger partial charge in [-0.1, -0.05) is 11.6 Å². The number of carbonyl (C=O) groups is 1. The molecule has 1 aromatic rings. The molecule has 0 spiro atoms. The van der Waals surface area contributed by atoms with Gasteiger partial charge in [0.05, 0.1) is 6.42 Å². The normalized spacial score (nSPS) is 11.5. The minimum atomic E-state index is -3.83. The summed E-state index contributed by atoms with van der Waals surface area (Å²) >= 11 is 5.69. The molecule has 2 N–H and O–H groups in total. The molecule has 0 fully saturated rings. The van der Waals surface area contributed by atoms with Gasteiger partial charge in [-0.3, -0.25) is 9.52 Å². The topological polar surface area (TPSA) is 99.6 Å². The number of halogens is 1. The smallest absolute Gasteiger partial charge is 0.304 e. The van der Waals surface area contributed by atoms with Crippen LogP contribution in [0.4, 0.5) is 5.82 Å². The van der Waals surface area contributed by atoms with E-state index >= 15 is 0 Å². The van der Waals surface area contributed by atoms with Crippen molar-refractivity contribution in [1.82, 2.24) is 9.29 Å². The number of aliphatic carboxylic acids is 1. The zero-order valence-corrected chi connectivity index (χ0v) is 11.1. The molecule has 1 rings (SSSR count). The lowest BCUT2D eigenvalue weighted by Gasteiger charge is -2.16. The second kappa shape index (κ2) is 5.98. The Morgan fingerprint density at radius 2 is 2.28 bits per heavy atom. The fourth-order valence-electron chi connectivity index (χ4n) is 1.04. The predicted molar refractivity (Wildman–Crippen MR) is 66.7 cm³/mol. The molecule has 0 aliphatic heterocycles. The quantitative estimate of drug-likeness (QED) is 0.808. The third kappa shape index (κ3) is 4.47. The van der Waals surface area contributed by atoms with Crippen LogP contribution in [0.25, 0.3) is 0 Å². The molecule has 0 aliphatic rings. The van der Waals surface area contributed by atoms with Crippen LogP contribution in [-0.4, -0.2) is 42.4 Å². The van der Waals surface area contributed by atoms with Gasteiger partial charge in [0.1, 0.15) is 5.82 Å². The second-order valence-corrected chi connectivity index (χ2v) is 5.65. The Balaban J connectivity index is 2.72. The molecule has 0 saturated carbocycles. The van der Waals surface area contributed by atoms with Crippen molar-refractivity contribution in [3.8, 4) is 0 Å². The van der Waals surface area contributed by atoms with E-state index in [9.17, 15) is 13.2 Å². The van der Waals surface area contributed by atoms with Crippen LogP contribution in [0.3, 0.4) is 0 Å². The maximum Gasteiger partial charge on any atom is 0.304 e. The molecular formula is C9H12ClN3O4S. The van der Waals surface area contributed by atoms with Gasteiger partial charge in [0.25, 0.3) is 0 Å². The SMILES string of the molecule is CN(CCC(=O)O)S(=O)(=O)Nc1cc(Cl)ccn1. The number of nitrogens with zero attached hydrogens (tertiary/aromatic N) is 2. The molecule has 1 heterocycles. The van der Waals surface area contributed by atoms with E-state index in [2.05, 4.69) is 9.71 Å². The van der Waals surface area contributed by atoms with Gasteiger partial charge in [0.2, 0.25) is 0 Å². The molecule has 18 heavy (non-hydrogen) atoms. The molecule has 0 amide bonds. The van der Waals surface area contributed by atoms with Crippen LogP contribution in [0, 0.1) is 0 Å². The standard InChI is InChI=1S/C9H12ClN3O4S/c1-13(5-3-9(14)15)18(16,17)12-8-6-7(10)2-4-11-8/h2,4,6H,3,5H2,1H3,(H,11,12)(H,14,15). The minimum Gasteiger partial charge on any atom is -0.481 e. The summed E-state index contributed by atoms with van der Waals surface area (Å²) in [6, 6.07) is 2.86. The third-order valence-electron chi connectivity index (χ3n) is 2.01. The van der Waals surface area contributed by atoms with Crippen LogP contribution in [0.2, 0.25) is 5.02 Å². The van der Waals surface area contributed by atoms with Gasteiger partial charge in [0, 0.05) is 30.9 Å². The molecule has 0 saturated heterocycles. The highest BCUT2D eigenvalue weighted by molar-refractivity contribution is 7.90. The number of carboxylic acid groups (broad SMARTS) is 1. The van der Waals surface area contributed by atoms with Crippen molar-refractivity contribution in [2.75, 3.05) is 18.3 Å². The summed E-state index contributed by atoms with van der Waals surface area (Å²) < 4.78 is 26.6. The number of anilines is 1. The molecule has 0 aliphatic carbocycles. The first kappa shape index (κ1) is 14.7. The van der Waals surface area contributed by atoms with Crippen LogP contribution in [0.5, 0.6) is 0 Å². The Labute approximate surface area is 110 Å². The van der Waals surface area contributed by atoms with Gasteiger partial charge >= 0.3 is 16.2 Å². The lowest BCUT2D eigenvalue weighted by molar-refractivity contribution is -0.137. The van der Waals surface area contributed by atoms with Crippen LogP contribution in [0.1, 0.15) is 6.42 Å². The highest BCUT2D eigenvalue weighted by Crippen LogP contribution is 2.13. The minimum absolute atomic E-state index is 0.0738. The fraction of sp³-hybridized carbons (Fsp3) is 0.333.